The first-order valence-electron chi connectivity index (χ1n) is 7.74. The van der Waals surface area contributed by atoms with Crippen LogP contribution < -0.4 is 9.46 Å². The van der Waals surface area contributed by atoms with Gasteiger partial charge in [-0.05, 0) is 48.9 Å². The molecule has 0 fully saturated rings. The molecular weight excluding hydrogens is 338 g/mol. The van der Waals surface area contributed by atoms with Gasteiger partial charge in [-0.25, -0.2) is 18.1 Å². The smallest absolute Gasteiger partial charge is 0.241 e. The first kappa shape index (κ1) is 17.2. The lowest BCUT2D eigenvalue weighted by atomic mass is 10.1. The standard InChI is InChI=1S/C18H19N3O3S/c1-14(15-3-5-16(6-4-15)21-12-11-19-13-21)20-25(22,23)18-9-7-17(24-2)8-10-18/h3-14,20H,1-2H3. The molecule has 0 spiro atoms. The summed E-state index contributed by atoms with van der Waals surface area (Å²) in [6, 6.07) is 13.6. The van der Waals surface area contributed by atoms with Crippen LogP contribution in [-0.4, -0.2) is 25.1 Å². The normalized spacial score (nSPS) is 12.7. The van der Waals surface area contributed by atoms with Crippen molar-refractivity contribution in [2.45, 2.75) is 17.9 Å². The molecule has 0 saturated heterocycles. The summed E-state index contributed by atoms with van der Waals surface area (Å²) in [5, 5.41) is 0. The zero-order chi connectivity index (χ0) is 17.9. The van der Waals surface area contributed by atoms with Crippen LogP contribution >= 0.6 is 0 Å². The van der Waals surface area contributed by atoms with Crippen molar-refractivity contribution in [3.63, 3.8) is 0 Å². The third-order valence-corrected chi connectivity index (χ3v) is 5.45. The Bertz CT molecular complexity index is 919. The highest BCUT2D eigenvalue weighted by atomic mass is 32.2. The molecule has 3 rings (SSSR count). The second-order valence-electron chi connectivity index (χ2n) is 5.58. The Balaban J connectivity index is 1.75. The van der Waals surface area contributed by atoms with Gasteiger partial charge in [0.15, 0.2) is 0 Å². The summed E-state index contributed by atoms with van der Waals surface area (Å²) in [7, 11) is -2.07. The summed E-state index contributed by atoms with van der Waals surface area (Å²) < 4.78 is 34.6. The predicted octanol–water partition coefficient (Wildman–Crippen LogP) is 2.92. The van der Waals surface area contributed by atoms with Gasteiger partial charge in [-0.3, -0.25) is 0 Å². The Labute approximate surface area is 147 Å². The average Bonchev–Trinajstić information content (AvgIpc) is 3.16. The van der Waals surface area contributed by atoms with Crippen molar-refractivity contribution in [2.24, 2.45) is 0 Å². The van der Waals surface area contributed by atoms with E-state index in [0.29, 0.717) is 5.75 Å². The van der Waals surface area contributed by atoms with Crippen molar-refractivity contribution in [2.75, 3.05) is 7.11 Å². The number of nitrogens with one attached hydrogen (secondary N) is 1. The maximum absolute atomic E-state index is 12.5. The molecule has 7 heteroatoms. The van der Waals surface area contributed by atoms with Crippen molar-refractivity contribution in [3.05, 3.63) is 72.8 Å². The van der Waals surface area contributed by atoms with Crippen LogP contribution in [-0.2, 0) is 10.0 Å². The highest BCUT2D eigenvalue weighted by Gasteiger charge is 2.18. The molecule has 0 saturated carbocycles. The fraction of sp³-hybridized carbons (Fsp3) is 0.167. The molecular formula is C18H19N3O3S. The van der Waals surface area contributed by atoms with Gasteiger partial charge in [0.2, 0.25) is 10.0 Å². The number of rotatable bonds is 6. The fourth-order valence-corrected chi connectivity index (χ4v) is 3.70. The van der Waals surface area contributed by atoms with Crippen molar-refractivity contribution in [1.29, 1.82) is 0 Å². The quantitative estimate of drug-likeness (QED) is 0.736. The average molecular weight is 357 g/mol. The van der Waals surface area contributed by atoms with E-state index in [1.807, 2.05) is 42.0 Å². The number of sulfonamides is 1. The number of aromatic nitrogens is 2. The summed E-state index contributed by atoms with van der Waals surface area (Å²) >= 11 is 0. The van der Waals surface area contributed by atoms with E-state index in [0.717, 1.165) is 11.3 Å². The Hall–Kier alpha value is -2.64. The second kappa shape index (κ2) is 7.08. The van der Waals surface area contributed by atoms with Gasteiger partial charge in [0.05, 0.1) is 18.3 Å². The van der Waals surface area contributed by atoms with E-state index < -0.39 is 10.0 Å². The van der Waals surface area contributed by atoms with Crippen LogP contribution in [0.15, 0.2) is 72.1 Å². The molecule has 0 amide bonds. The summed E-state index contributed by atoms with van der Waals surface area (Å²) in [5.74, 6) is 0.613. The fourth-order valence-electron chi connectivity index (χ4n) is 2.47. The molecule has 0 radical (unpaired) electrons. The van der Waals surface area contributed by atoms with Crippen LogP contribution in [0.1, 0.15) is 18.5 Å². The van der Waals surface area contributed by atoms with Crippen LogP contribution in [0.3, 0.4) is 0 Å². The molecule has 1 N–H and O–H groups in total. The number of methoxy groups -OCH3 is 1. The Morgan fingerprint density at radius 3 is 2.32 bits per heavy atom. The molecule has 0 bridgehead atoms. The number of hydrogen-bond donors (Lipinski definition) is 1. The Morgan fingerprint density at radius 2 is 1.76 bits per heavy atom. The number of imidazole rings is 1. The molecule has 0 aliphatic rings. The van der Waals surface area contributed by atoms with Gasteiger partial charge in [0.1, 0.15) is 5.75 Å². The SMILES string of the molecule is COc1ccc(S(=O)(=O)NC(C)c2ccc(-n3ccnc3)cc2)cc1. The monoisotopic (exact) mass is 357 g/mol. The molecule has 2 aromatic carbocycles. The Kier molecular flexibility index (Phi) is 4.87. The van der Waals surface area contributed by atoms with Gasteiger partial charge in [0.25, 0.3) is 0 Å². The lowest BCUT2D eigenvalue weighted by Gasteiger charge is -2.15. The largest absolute Gasteiger partial charge is 0.497 e. The van der Waals surface area contributed by atoms with Crippen molar-refractivity contribution in [3.8, 4) is 11.4 Å². The lowest BCUT2D eigenvalue weighted by Crippen LogP contribution is -2.26. The number of hydrogen-bond acceptors (Lipinski definition) is 4. The summed E-state index contributed by atoms with van der Waals surface area (Å²) in [6.07, 6.45) is 5.27. The van der Waals surface area contributed by atoms with Crippen LogP contribution in [0.25, 0.3) is 5.69 Å². The van der Waals surface area contributed by atoms with Gasteiger partial charge in [0, 0.05) is 24.1 Å². The van der Waals surface area contributed by atoms with E-state index in [4.69, 9.17) is 4.74 Å². The molecule has 3 aromatic rings. The van der Waals surface area contributed by atoms with E-state index in [1.165, 1.54) is 19.2 Å². The first-order chi connectivity index (χ1) is 12.0. The minimum Gasteiger partial charge on any atom is -0.497 e. The van der Waals surface area contributed by atoms with Gasteiger partial charge in [-0.1, -0.05) is 12.1 Å². The minimum atomic E-state index is -3.61. The highest BCUT2D eigenvalue weighted by Crippen LogP contribution is 2.20. The Morgan fingerprint density at radius 1 is 1.08 bits per heavy atom. The van der Waals surface area contributed by atoms with Crippen LogP contribution in [0.4, 0.5) is 0 Å². The highest BCUT2D eigenvalue weighted by molar-refractivity contribution is 7.89. The maximum atomic E-state index is 12.5. The van der Waals surface area contributed by atoms with Crippen LogP contribution in [0.5, 0.6) is 5.75 Å². The van der Waals surface area contributed by atoms with E-state index in [2.05, 4.69) is 9.71 Å². The molecule has 1 aromatic heterocycles. The molecule has 6 nitrogen and oxygen atoms in total. The van der Waals surface area contributed by atoms with E-state index >= 15 is 0 Å². The third kappa shape index (κ3) is 3.89. The van der Waals surface area contributed by atoms with E-state index in [9.17, 15) is 8.42 Å². The third-order valence-electron chi connectivity index (χ3n) is 3.90. The van der Waals surface area contributed by atoms with Gasteiger partial charge in [-0.2, -0.15) is 0 Å². The zero-order valence-electron chi connectivity index (χ0n) is 14.0. The molecule has 25 heavy (non-hydrogen) atoms. The van der Waals surface area contributed by atoms with E-state index in [1.54, 1.807) is 24.7 Å². The van der Waals surface area contributed by atoms with Crippen molar-refractivity contribution < 1.29 is 13.2 Å². The zero-order valence-corrected chi connectivity index (χ0v) is 14.8. The lowest BCUT2D eigenvalue weighted by molar-refractivity contribution is 0.414. The summed E-state index contributed by atoms with van der Waals surface area (Å²) in [5.41, 5.74) is 1.84. The molecule has 1 unspecified atom stereocenters. The van der Waals surface area contributed by atoms with Gasteiger partial charge < -0.3 is 9.30 Å². The van der Waals surface area contributed by atoms with E-state index in [-0.39, 0.29) is 10.9 Å². The molecule has 1 atom stereocenters. The topological polar surface area (TPSA) is 73.2 Å². The van der Waals surface area contributed by atoms with Gasteiger partial charge in [-0.15, -0.1) is 0 Å². The summed E-state index contributed by atoms with van der Waals surface area (Å²) in [4.78, 5) is 4.22. The minimum absolute atomic E-state index is 0.204. The second-order valence-corrected chi connectivity index (χ2v) is 7.29. The summed E-state index contributed by atoms with van der Waals surface area (Å²) in [6.45, 7) is 1.81. The van der Waals surface area contributed by atoms with Crippen molar-refractivity contribution in [1.82, 2.24) is 14.3 Å². The van der Waals surface area contributed by atoms with Crippen LogP contribution in [0, 0.1) is 0 Å². The van der Waals surface area contributed by atoms with Crippen LogP contribution in [0.2, 0.25) is 0 Å². The van der Waals surface area contributed by atoms with Gasteiger partial charge >= 0.3 is 0 Å². The first-order valence-corrected chi connectivity index (χ1v) is 9.22. The number of ether oxygens (including phenoxy) is 1. The number of benzene rings is 2. The maximum Gasteiger partial charge on any atom is 0.241 e. The molecule has 0 aliphatic heterocycles. The number of nitrogens with zero attached hydrogens (tertiary/aromatic N) is 2. The molecule has 1 heterocycles. The molecule has 130 valence electrons. The molecule has 0 aliphatic carbocycles. The van der Waals surface area contributed by atoms with Crippen molar-refractivity contribution >= 4 is 10.0 Å². The predicted molar refractivity (Wildman–Crippen MR) is 95.3 cm³/mol.